The van der Waals surface area contributed by atoms with Crippen LogP contribution in [0.15, 0.2) is 24.5 Å². The lowest BCUT2D eigenvalue weighted by atomic mass is 9.99. The Hall–Kier alpha value is -1.72. The third-order valence-electron chi connectivity index (χ3n) is 3.65. The highest BCUT2D eigenvalue weighted by Crippen LogP contribution is 2.19. The van der Waals surface area contributed by atoms with Crippen molar-refractivity contribution in [1.82, 2.24) is 20.2 Å². The topological polar surface area (TPSA) is 68.8 Å². The van der Waals surface area contributed by atoms with E-state index in [1.807, 2.05) is 4.68 Å². The molecule has 0 aliphatic heterocycles. The lowest BCUT2D eigenvalue weighted by Gasteiger charge is -2.17. The first-order valence-electron chi connectivity index (χ1n) is 7.05. The molecule has 0 aliphatic carbocycles. The summed E-state index contributed by atoms with van der Waals surface area (Å²) in [5.41, 5.74) is 6.64. The molecule has 2 aromatic rings. The van der Waals surface area contributed by atoms with Gasteiger partial charge in [-0.05, 0) is 37.0 Å². The molecule has 0 radical (unpaired) electrons. The monoisotopic (exact) mass is 273 g/mol. The van der Waals surface area contributed by atoms with E-state index in [4.69, 9.17) is 5.84 Å². The Morgan fingerprint density at radius 3 is 2.75 bits per heavy atom. The molecule has 0 fully saturated rings. The number of aryl methyl sites for hydroxylation is 3. The summed E-state index contributed by atoms with van der Waals surface area (Å²) in [5.74, 6) is 6.69. The zero-order valence-corrected chi connectivity index (χ0v) is 12.4. The molecule has 1 atom stereocenters. The third kappa shape index (κ3) is 3.23. The molecule has 5 nitrogen and oxygen atoms in total. The lowest BCUT2D eigenvalue weighted by Crippen LogP contribution is -2.30. The fourth-order valence-electron chi connectivity index (χ4n) is 2.28. The SMILES string of the molecule is CCCn1ncnc1CC(NN)c1ccc(C)c(C)c1. The summed E-state index contributed by atoms with van der Waals surface area (Å²) in [4.78, 5) is 4.34. The van der Waals surface area contributed by atoms with E-state index in [9.17, 15) is 0 Å². The second-order valence-electron chi connectivity index (χ2n) is 5.17. The van der Waals surface area contributed by atoms with Crippen LogP contribution in [0.25, 0.3) is 0 Å². The van der Waals surface area contributed by atoms with Crippen LogP contribution in [0.4, 0.5) is 0 Å². The third-order valence-corrected chi connectivity index (χ3v) is 3.65. The number of aromatic nitrogens is 3. The molecule has 3 N–H and O–H groups in total. The van der Waals surface area contributed by atoms with Crippen LogP contribution in [0, 0.1) is 13.8 Å². The number of benzene rings is 1. The van der Waals surface area contributed by atoms with Gasteiger partial charge in [-0.15, -0.1) is 0 Å². The van der Waals surface area contributed by atoms with Crippen LogP contribution in [0.5, 0.6) is 0 Å². The lowest BCUT2D eigenvalue weighted by molar-refractivity contribution is 0.499. The van der Waals surface area contributed by atoms with Gasteiger partial charge in [0.2, 0.25) is 0 Å². The number of hydrazine groups is 1. The second-order valence-corrected chi connectivity index (χ2v) is 5.17. The van der Waals surface area contributed by atoms with E-state index in [1.54, 1.807) is 6.33 Å². The van der Waals surface area contributed by atoms with E-state index < -0.39 is 0 Å². The minimum atomic E-state index is 0.0501. The molecule has 0 saturated carbocycles. The highest BCUT2D eigenvalue weighted by Gasteiger charge is 2.15. The van der Waals surface area contributed by atoms with Gasteiger partial charge in [0.15, 0.2) is 0 Å². The predicted octanol–water partition coefficient (Wildman–Crippen LogP) is 2.05. The van der Waals surface area contributed by atoms with Gasteiger partial charge in [-0.2, -0.15) is 5.10 Å². The molecular weight excluding hydrogens is 250 g/mol. The fourth-order valence-corrected chi connectivity index (χ4v) is 2.28. The van der Waals surface area contributed by atoms with Crippen molar-refractivity contribution in [3.63, 3.8) is 0 Å². The molecule has 1 heterocycles. The molecule has 1 unspecified atom stereocenters. The molecular formula is C15H23N5. The standard InChI is InChI=1S/C15H23N5/c1-4-7-20-15(17-10-18-20)9-14(19-16)13-6-5-11(2)12(3)8-13/h5-6,8,10,14,19H,4,7,9,16H2,1-3H3. The summed E-state index contributed by atoms with van der Waals surface area (Å²) < 4.78 is 1.95. The van der Waals surface area contributed by atoms with Gasteiger partial charge in [-0.25, -0.2) is 4.98 Å². The van der Waals surface area contributed by atoms with Crippen molar-refractivity contribution >= 4 is 0 Å². The first-order chi connectivity index (χ1) is 9.65. The van der Waals surface area contributed by atoms with Gasteiger partial charge >= 0.3 is 0 Å². The van der Waals surface area contributed by atoms with Crippen LogP contribution < -0.4 is 11.3 Å². The Bertz CT molecular complexity index is 561. The van der Waals surface area contributed by atoms with E-state index in [0.29, 0.717) is 0 Å². The summed E-state index contributed by atoms with van der Waals surface area (Å²) in [6.07, 6.45) is 3.39. The van der Waals surface area contributed by atoms with E-state index in [1.165, 1.54) is 16.7 Å². The molecule has 20 heavy (non-hydrogen) atoms. The molecule has 0 aliphatic rings. The summed E-state index contributed by atoms with van der Waals surface area (Å²) in [7, 11) is 0. The molecule has 5 heteroatoms. The van der Waals surface area contributed by atoms with Gasteiger partial charge in [-0.3, -0.25) is 16.0 Å². The Morgan fingerprint density at radius 2 is 2.10 bits per heavy atom. The highest BCUT2D eigenvalue weighted by atomic mass is 15.3. The average molecular weight is 273 g/mol. The van der Waals surface area contributed by atoms with Crippen LogP contribution in [0.1, 0.15) is 41.9 Å². The smallest absolute Gasteiger partial charge is 0.138 e. The second kappa shape index (κ2) is 6.63. The van der Waals surface area contributed by atoms with Gasteiger partial charge in [-0.1, -0.05) is 25.1 Å². The van der Waals surface area contributed by atoms with Crippen molar-refractivity contribution in [1.29, 1.82) is 0 Å². The molecule has 0 spiro atoms. The Labute approximate surface area is 120 Å². The largest absolute Gasteiger partial charge is 0.271 e. The van der Waals surface area contributed by atoms with Gasteiger partial charge in [0, 0.05) is 13.0 Å². The van der Waals surface area contributed by atoms with Crippen molar-refractivity contribution in [2.45, 2.75) is 46.2 Å². The number of nitrogens with zero attached hydrogens (tertiary/aromatic N) is 3. The van der Waals surface area contributed by atoms with Gasteiger partial charge in [0.05, 0.1) is 6.04 Å². The quantitative estimate of drug-likeness (QED) is 0.624. The summed E-state index contributed by atoms with van der Waals surface area (Å²) >= 11 is 0. The Balaban J connectivity index is 2.19. The maximum Gasteiger partial charge on any atom is 0.138 e. The fraction of sp³-hybridized carbons (Fsp3) is 0.467. The van der Waals surface area contributed by atoms with Crippen LogP contribution >= 0.6 is 0 Å². The Morgan fingerprint density at radius 1 is 1.30 bits per heavy atom. The van der Waals surface area contributed by atoms with Crippen molar-refractivity contribution in [3.8, 4) is 0 Å². The van der Waals surface area contributed by atoms with Crippen molar-refractivity contribution in [2.75, 3.05) is 0 Å². The van der Waals surface area contributed by atoms with Crippen LogP contribution in [-0.2, 0) is 13.0 Å². The molecule has 0 saturated heterocycles. The number of nitrogens with two attached hydrogens (primary N) is 1. The maximum absolute atomic E-state index is 5.73. The molecule has 1 aromatic carbocycles. The average Bonchev–Trinajstić information content (AvgIpc) is 2.87. The number of rotatable bonds is 6. The highest BCUT2D eigenvalue weighted by molar-refractivity contribution is 5.32. The number of hydrogen-bond acceptors (Lipinski definition) is 4. The van der Waals surface area contributed by atoms with Crippen molar-refractivity contribution in [3.05, 3.63) is 47.0 Å². The van der Waals surface area contributed by atoms with E-state index in [0.717, 1.165) is 25.2 Å². The van der Waals surface area contributed by atoms with Gasteiger partial charge < -0.3 is 0 Å². The van der Waals surface area contributed by atoms with E-state index >= 15 is 0 Å². The van der Waals surface area contributed by atoms with Crippen molar-refractivity contribution < 1.29 is 0 Å². The Kier molecular flexibility index (Phi) is 4.87. The van der Waals surface area contributed by atoms with Crippen molar-refractivity contribution in [2.24, 2.45) is 5.84 Å². The first-order valence-corrected chi connectivity index (χ1v) is 7.05. The van der Waals surface area contributed by atoms with Gasteiger partial charge in [0.1, 0.15) is 12.2 Å². The zero-order chi connectivity index (χ0) is 14.5. The molecule has 1 aromatic heterocycles. The van der Waals surface area contributed by atoms with Crippen LogP contribution in [-0.4, -0.2) is 14.8 Å². The maximum atomic E-state index is 5.73. The number of hydrogen-bond donors (Lipinski definition) is 2. The summed E-state index contributed by atoms with van der Waals surface area (Å²) in [6, 6.07) is 6.48. The molecule has 0 amide bonds. The first kappa shape index (κ1) is 14.7. The van der Waals surface area contributed by atoms with Crippen LogP contribution in [0.3, 0.4) is 0 Å². The summed E-state index contributed by atoms with van der Waals surface area (Å²) in [6.45, 7) is 7.25. The summed E-state index contributed by atoms with van der Waals surface area (Å²) in [5, 5.41) is 4.26. The molecule has 2 rings (SSSR count). The van der Waals surface area contributed by atoms with Gasteiger partial charge in [0.25, 0.3) is 0 Å². The zero-order valence-electron chi connectivity index (χ0n) is 12.4. The van der Waals surface area contributed by atoms with E-state index in [2.05, 4.69) is 54.5 Å². The number of nitrogens with one attached hydrogen (secondary N) is 1. The normalized spacial score (nSPS) is 12.6. The predicted molar refractivity (Wildman–Crippen MR) is 80.0 cm³/mol. The minimum absolute atomic E-state index is 0.0501. The molecule has 108 valence electrons. The minimum Gasteiger partial charge on any atom is -0.271 e. The molecule has 0 bridgehead atoms. The van der Waals surface area contributed by atoms with Crippen LogP contribution in [0.2, 0.25) is 0 Å². The van der Waals surface area contributed by atoms with E-state index in [-0.39, 0.29) is 6.04 Å².